The highest BCUT2D eigenvalue weighted by Crippen LogP contribution is 2.72. The normalized spacial score (nSPS) is 40.7. The van der Waals surface area contributed by atoms with Crippen molar-refractivity contribution in [2.75, 3.05) is 6.61 Å². The summed E-state index contributed by atoms with van der Waals surface area (Å²) in [6, 6.07) is 0. The van der Waals surface area contributed by atoms with Crippen LogP contribution in [0.2, 0.25) is 0 Å². The average Bonchev–Trinajstić information content (AvgIpc) is 3.16. The van der Waals surface area contributed by atoms with Crippen molar-refractivity contribution < 1.29 is 83.3 Å². The predicted octanol–water partition coefficient (Wildman–Crippen LogP) is 1.12. The van der Waals surface area contributed by atoms with Crippen LogP contribution in [0.1, 0.15) is 72.1 Å². The van der Waals surface area contributed by atoms with Crippen LogP contribution < -0.4 is 0 Å². The summed E-state index contributed by atoms with van der Waals surface area (Å²) in [6.07, 6.45) is -11.5. The molecule has 1 saturated heterocycles. The number of ether oxygens (including phenoxy) is 3. The van der Waals surface area contributed by atoms with Gasteiger partial charge < -0.3 is 34.6 Å². The molecule has 20 heteroatoms. The number of fused-ring (bicyclic) bond motifs is 3. The number of aliphatic hydroxyl groups excluding tert-OH is 2. The van der Waals surface area contributed by atoms with E-state index in [1.807, 2.05) is 0 Å². The second kappa shape index (κ2) is 13.9. The lowest BCUT2D eigenvalue weighted by Gasteiger charge is -2.64. The third kappa shape index (κ3) is 7.20. The minimum Gasteiger partial charge on any atom is -0.480 e. The van der Waals surface area contributed by atoms with Crippen LogP contribution >= 0.6 is 0 Å². The largest absolute Gasteiger partial charge is 0.480 e. The number of aliphatic carboxylic acids is 2. The molecule has 0 aromatic rings. The fourth-order valence-corrected chi connectivity index (χ4v) is 11.3. The molecule has 0 radical (unpaired) electrons. The Labute approximate surface area is 295 Å². The Morgan fingerprint density at radius 2 is 1.53 bits per heavy atom. The number of hydrogen-bond acceptors (Lipinski definition) is 14. The average molecular weight is 771 g/mol. The van der Waals surface area contributed by atoms with Gasteiger partial charge in [0.15, 0.2) is 23.9 Å². The van der Waals surface area contributed by atoms with E-state index in [1.165, 1.54) is 0 Å². The van der Waals surface area contributed by atoms with Gasteiger partial charge in [0.05, 0.1) is 18.8 Å². The van der Waals surface area contributed by atoms with E-state index < -0.39 is 117 Å². The molecule has 0 unspecified atom stereocenters. The minimum atomic E-state index is -5.51. The maximum atomic E-state index is 13.1. The van der Waals surface area contributed by atoms with Crippen LogP contribution in [0.15, 0.2) is 12.2 Å². The fourth-order valence-electron chi connectivity index (χ4n) is 10.3. The Morgan fingerprint density at radius 3 is 2.08 bits per heavy atom. The number of hydrogen-bond donors (Lipinski definition) is 6. The predicted molar refractivity (Wildman–Crippen MR) is 169 cm³/mol. The van der Waals surface area contributed by atoms with Gasteiger partial charge in [-0.05, 0) is 73.2 Å². The Kier molecular flexibility index (Phi) is 10.8. The number of rotatable bonds is 12. The molecule has 0 aromatic heterocycles. The maximum absolute atomic E-state index is 13.1. The summed E-state index contributed by atoms with van der Waals surface area (Å²) in [5, 5.41) is 42.9. The van der Waals surface area contributed by atoms with Gasteiger partial charge in [0, 0.05) is 18.3 Å². The Hall–Kier alpha value is -2.27. The lowest BCUT2D eigenvalue weighted by atomic mass is 9.40. The fraction of sp³-hybridized carbons (Fsp3) is 0.839. The quantitative estimate of drug-likeness (QED) is 0.0533. The first-order valence-electron chi connectivity index (χ1n) is 16.7. The zero-order valence-corrected chi connectivity index (χ0v) is 30.0. The van der Waals surface area contributed by atoms with Gasteiger partial charge in [0.2, 0.25) is 0 Å². The molecule has 1 heterocycles. The monoisotopic (exact) mass is 770 g/mol. The molecule has 1 spiro atoms. The van der Waals surface area contributed by atoms with Gasteiger partial charge in [-0.25, -0.2) is 8.37 Å². The first-order chi connectivity index (χ1) is 23.5. The standard InChI is InChI=1S/C31H46O18S2/c1-14(2)9-21(33)47-24-23(49-51(42,43)44)22(48-50(39,40)41)18(13-32)46-26(24)45-17-11-29(4)19-6-5-16-10-30(19,25(34)15(16)3)8-7-20(29)31(12-17,27(35)36)28(37)38/h14,16-20,22-26,32,34H,3,5-13H2,1-2,4H3,(H,35,36)(H,37,38)(H,39,40,41)(H,42,43,44)/t16-,17-,18+,19+,20+,22+,23-,24+,25-,26-,29+,30-/m0/s1. The number of carboxylic acid groups (broad SMARTS) is 2. The van der Waals surface area contributed by atoms with Gasteiger partial charge >= 0.3 is 38.7 Å². The van der Waals surface area contributed by atoms with Crippen LogP contribution in [0, 0.1) is 39.9 Å². The first-order valence-corrected chi connectivity index (χ1v) is 19.5. The summed E-state index contributed by atoms with van der Waals surface area (Å²) in [5.41, 5.74) is -3.52. The van der Waals surface area contributed by atoms with Gasteiger partial charge in [-0.1, -0.05) is 27.4 Å². The molecule has 5 aliphatic rings. The number of esters is 1. The van der Waals surface area contributed by atoms with Crippen LogP contribution in [-0.4, -0.2) is 114 Å². The van der Waals surface area contributed by atoms with Crippen molar-refractivity contribution in [1.82, 2.24) is 0 Å². The van der Waals surface area contributed by atoms with Gasteiger partial charge in [-0.2, -0.15) is 16.8 Å². The van der Waals surface area contributed by atoms with E-state index in [0.717, 1.165) is 0 Å². The van der Waals surface area contributed by atoms with Crippen molar-refractivity contribution in [2.24, 2.45) is 39.9 Å². The lowest BCUT2D eigenvalue weighted by Crippen LogP contribution is -2.67. The van der Waals surface area contributed by atoms with E-state index in [-0.39, 0.29) is 37.0 Å². The molecule has 0 amide bonds. The zero-order valence-electron chi connectivity index (χ0n) is 28.3. The van der Waals surface area contributed by atoms with Gasteiger partial charge in [0.25, 0.3) is 0 Å². The van der Waals surface area contributed by atoms with E-state index in [0.29, 0.717) is 31.3 Å². The first kappa shape index (κ1) is 39.9. The molecule has 0 aromatic carbocycles. The number of aliphatic hydroxyl groups is 2. The van der Waals surface area contributed by atoms with E-state index in [9.17, 15) is 60.8 Å². The second-order valence-electron chi connectivity index (χ2n) is 15.3. The molecule has 290 valence electrons. The van der Waals surface area contributed by atoms with Crippen LogP contribution in [0.25, 0.3) is 0 Å². The Balaban J connectivity index is 1.59. The molecule has 4 saturated carbocycles. The van der Waals surface area contributed by atoms with Crippen molar-refractivity contribution >= 4 is 38.7 Å². The number of carbonyl (C=O) groups excluding carboxylic acids is 1. The van der Waals surface area contributed by atoms with Crippen molar-refractivity contribution in [3.8, 4) is 0 Å². The van der Waals surface area contributed by atoms with Gasteiger partial charge in [0.1, 0.15) is 12.2 Å². The summed E-state index contributed by atoms with van der Waals surface area (Å²) in [7, 11) is -11.0. The van der Waals surface area contributed by atoms with Gasteiger partial charge in [-0.3, -0.25) is 23.5 Å². The molecule has 12 atom stereocenters. The molecule has 5 fully saturated rings. The highest BCUT2D eigenvalue weighted by molar-refractivity contribution is 7.81. The molecule has 51 heavy (non-hydrogen) atoms. The minimum absolute atomic E-state index is 0.00133. The van der Waals surface area contributed by atoms with E-state index in [1.54, 1.807) is 20.8 Å². The van der Waals surface area contributed by atoms with Crippen LogP contribution in [0.5, 0.6) is 0 Å². The molecular formula is C31H46O18S2. The maximum Gasteiger partial charge on any atom is 0.397 e. The molecule has 1 aliphatic heterocycles. The topological polar surface area (TPSA) is 287 Å². The smallest absolute Gasteiger partial charge is 0.397 e. The highest BCUT2D eigenvalue weighted by atomic mass is 32.3. The van der Waals surface area contributed by atoms with Crippen LogP contribution in [0.3, 0.4) is 0 Å². The Morgan fingerprint density at radius 1 is 0.922 bits per heavy atom. The highest BCUT2D eigenvalue weighted by Gasteiger charge is 2.72. The molecule has 6 N–H and O–H groups in total. The van der Waals surface area contributed by atoms with Crippen molar-refractivity contribution in [3.63, 3.8) is 0 Å². The summed E-state index contributed by atoms with van der Waals surface area (Å²) < 4.78 is 93.4. The molecular weight excluding hydrogens is 724 g/mol. The number of carbonyl (C=O) groups is 3. The third-order valence-electron chi connectivity index (χ3n) is 12.0. The van der Waals surface area contributed by atoms with E-state index in [4.69, 9.17) is 18.4 Å². The Bertz CT molecular complexity index is 1610. The molecule has 2 bridgehead atoms. The van der Waals surface area contributed by atoms with Crippen molar-refractivity contribution in [3.05, 3.63) is 12.2 Å². The summed E-state index contributed by atoms with van der Waals surface area (Å²) in [4.78, 5) is 39.3. The van der Waals surface area contributed by atoms with Crippen LogP contribution in [0.4, 0.5) is 0 Å². The summed E-state index contributed by atoms with van der Waals surface area (Å²) in [6.45, 7) is 8.03. The third-order valence-corrected chi connectivity index (χ3v) is 12.9. The van der Waals surface area contributed by atoms with E-state index >= 15 is 0 Å². The molecule has 4 aliphatic carbocycles. The molecule has 18 nitrogen and oxygen atoms in total. The number of carboxylic acids is 2. The van der Waals surface area contributed by atoms with Crippen molar-refractivity contribution in [2.45, 2.75) is 115 Å². The lowest BCUT2D eigenvalue weighted by molar-refractivity contribution is -0.318. The summed E-state index contributed by atoms with van der Waals surface area (Å²) in [5.74, 6) is -5.84. The van der Waals surface area contributed by atoms with Crippen molar-refractivity contribution in [1.29, 1.82) is 0 Å². The van der Waals surface area contributed by atoms with E-state index in [2.05, 4.69) is 10.8 Å². The zero-order chi connectivity index (χ0) is 38.1. The summed E-state index contributed by atoms with van der Waals surface area (Å²) >= 11 is 0. The van der Waals surface area contributed by atoms with Crippen LogP contribution in [-0.2, 0) is 57.8 Å². The molecule has 5 rings (SSSR count). The second-order valence-corrected chi connectivity index (χ2v) is 17.4. The SMILES string of the molecule is C=C1[C@H]2CC[C@@H]3[C@@]4(C)C[C@H](O[C@H]5O[C@H](CO)[C@@H](OS(=O)(=O)O)[C@H](OS(=O)(=O)O)[C@H]5OC(=O)CC(C)C)CC(C(=O)O)(C(=O)O)[C@@H]4CC[C@@]3(C2)[C@H]1O. The van der Waals surface area contributed by atoms with Gasteiger partial charge in [-0.15, -0.1) is 0 Å².